The Labute approximate surface area is 162 Å². The van der Waals surface area contributed by atoms with E-state index in [4.69, 9.17) is 0 Å². The Balaban J connectivity index is 1.96. The normalized spacial score (nSPS) is 15.7. The third-order valence-electron chi connectivity index (χ3n) is 5.38. The average Bonchev–Trinajstić information content (AvgIpc) is 3.14. The number of anilines is 1. The molecule has 0 aliphatic heterocycles. The fraction of sp³-hybridized carbons (Fsp3) is 0.619. The molecule has 0 bridgehead atoms. The summed E-state index contributed by atoms with van der Waals surface area (Å²) in [5.41, 5.74) is 3.04. The van der Waals surface area contributed by atoms with Gasteiger partial charge in [-0.2, -0.15) is 0 Å². The number of carbonyl (C=O) groups is 2. The van der Waals surface area contributed by atoms with Crippen molar-refractivity contribution in [2.24, 2.45) is 0 Å². The number of hydrogen-bond acceptors (Lipinski definition) is 3. The fourth-order valence-electron chi connectivity index (χ4n) is 3.27. The van der Waals surface area contributed by atoms with Gasteiger partial charge in [0.25, 0.3) is 0 Å². The number of benzene rings is 1. The summed E-state index contributed by atoms with van der Waals surface area (Å²) in [6.07, 6.45) is 5.83. The van der Waals surface area contributed by atoms with Gasteiger partial charge in [0, 0.05) is 17.0 Å². The number of carbonyl (C=O) groups excluding carboxylic acids is 2. The first kappa shape index (κ1) is 20.8. The smallest absolute Gasteiger partial charge is 0.244 e. The molecule has 0 radical (unpaired) electrons. The summed E-state index contributed by atoms with van der Waals surface area (Å²) in [6, 6.07) is 5.94. The Hall–Kier alpha value is -1.49. The minimum absolute atomic E-state index is 0.0658. The van der Waals surface area contributed by atoms with Crippen molar-refractivity contribution < 1.29 is 9.59 Å². The van der Waals surface area contributed by atoms with Crippen LogP contribution >= 0.6 is 11.8 Å². The van der Waals surface area contributed by atoms with Crippen molar-refractivity contribution in [2.75, 3.05) is 17.6 Å². The molecule has 2 rings (SSSR count). The number of nitrogens with zero attached hydrogens (tertiary/aromatic N) is 1. The topological polar surface area (TPSA) is 49.4 Å². The van der Waals surface area contributed by atoms with Crippen molar-refractivity contribution in [1.29, 1.82) is 0 Å². The molecule has 0 heterocycles. The third kappa shape index (κ3) is 5.76. The standard InChI is InChI=1S/C21H32N2O2S/c1-5-16(3)23(21(25)14-26-18-10-6-7-11-18)13-20(24)22-19-12-8-9-15(2)17(19)4/h8-9,12,16,18H,5-7,10-11,13-14H2,1-4H3,(H,22,24)/t16-/m1/s1. The molecule has 1 saturated carbocycles. The van der Waals surface area contributed by atoms with Crippen molar-refractivity contribution >= 4 is 29.3 Å². The second kappa shape index (κ2) is 10.0. The Morgan fingerprint density at radius 3 is 2.62 bits per heavy atom. The number of hydrogen-bond donors (Lipinski definition) is 1. The highest BCUT2D eigenvalue weighted by molar-refractivity contribution is 8.00. The molecule has 26 heavy (non-hydrogen) atoms. The second-order valence-electron chi connectivity index (χ2n) is 7.29. The lowest BCUT2D eigenvalue weighted by molar-refractivity contribution is -0.134. The molecule has 1 fully saturated rings. The number of thioether (sulfide) groups is 1. The lowest BCUT2D eigenvalue weighted by atomic mass is 10.1. The van der Waals surface area contributed by atoms with E-state index in [1.165, 1.54) is 25.7 Å². The summed E-state index contributed by atoms with van der Waals surface area (Å²) < 4.78 is 0. The monoisotopic (exact) mass is 376 g/mol. The summed E-state index contributed by atoms with van der Waals surface area (Å²) in [5.74, 6) is 0.428. The molecule has 1 N–H and O–H groups in total. The fourth-order valence-corrected chi connectivity index (χ4v) is 4.48. The third-order valence-corrected chi connectivity index (χ3v) is 6.74. The molecule has 1 aliphatic rings. The maximum absolute atomic E-state index is 12.7. The minimum atomic E-state index is -0.127. The molecule has 4 nitrogen and oxygen atoms in total. The predicted octanol–water partition coefficient (Wildman–Crippen LogP) is 4.54. The van der Waals surface area contributed by atoms with Gasteiger partial charge in [-0.25, -0.2) is 0 Å². The Morgan fingerprint density at radius 1 is 1.27 bits per heavy atom. The van der Waals surface area contributed by atoms with Gasteiger partial charge in [-0.3, -0.25) is 9.59 Å². The molecule has 0 spiro atoms. The van der Waals surface area contributed by atoms with Gasteiger partial charge in [-0.1, -0.05) is 31.9 Å². The van der Waals surface area contributed by atoms with E-state index in [-0.39, 0.29) is 24.4 Å². The number of rotatable bonds is 8. The largest absolute Gasteiger partial charge is 0.330 e. The van der Waals surface area contributed by atoms with Crippen molar-refractivity contribution in [3.05, 3.63) is 29.3 Å². The molecule has 1 aliphatic carbocycles. The first-order valence-corrected chi connectivity index (χ1v) is 10.7. The summed E-state index contributed by atoms with van der Waals surface area (Å²) in [4.78, 5) is 27.0. The lowest BCUT2D eigenvalue weighted by Gasteiger charge is -2.28. The Bertz CT molecular complexity index is 626. The molecular weight excluding hydrogens is 344 g/mol. The molecule has 0 saturated heterocycles. The average molecular weight is 377 g/mol. The molecule has 1 aromatic rings. The molecule has 0 aromatic heterocycles. The zero-order valence-electron chi connectivity index (χ0n) is 16.5. The van der Waals surface area contributed by atoms with Crippen molar-refractivity contribution in [3.63, 3.8) is 0 Å². The van der Waals surface area contributed by atoms with Crippen LogP contribution < -0.4 is 5.32 Å². The van der Waals surface area contributed by atoms with Crippen LogP contribution in [0.3, 0.4) is 0 Å². The van der Waals surface area contributed by atoms with Gasteiger partial charge in [0.05, 0.1) is 5.75 Å². The Kier molecular flexibility index (Phi) is 8.01. The van der Waals surface area contributed by atoms with Gasteiger partial charge in [-0.05, 0) is 57.2 Å². The van der Waals surface area contributed by atoms with E-state index < -0.39 is 0 Å². The van der Waals surface area contributed by atoms with Crippen LogP contribution in [0.1, 0.15) is 57.1 Å². The molecule has 1 aromatic carbocycles. The van der Waals surface area contributed by atoms with E-state index in [1.807, 2.05) is 39.0 Å². The quantitative estimate of drug-likeness (QED) is 0.724. The van der Waals surface area contributed by atoms with Gasteiger partial charge in [0.2, 0.25) is 11.8 Å². The van der Waals surface area contributed by atoms with Crippen LogP contribution in [0.2, 0.25) is 0 Å². The molecule has 144 valence electrons. The maximum atomic E-state index is 12.7. The van der Waals surface area contributed by atoms with E-state index in [2.05, 4.69) is 12.2 Å². The van der Waals surface area contributed by atoms with E-state index >= 15 is 0 Å². The van der Waals surface area contributed by atoms with Crippen LogP contribution in [0.5, 0.6) is 0 Å². The summed E-state index contributed by atoms with van der Waals surface area (Å²) in [7, 11) is 0. The number of aryl methyl sites for hydroxylation is 1. The Morgan fingerprint density at radius 2 is 1.96 bits per heavy atom. The van der Waals surface area contributed by atoms with Gasteiger partial charge in [-0.15, -0.1) is 11.8 Å². The van der Waals surface area contributed by atoms with Gasteiger partial charge in [0.1, 0.15) is 6.54 Å². The van der Waals surface area contributed by atoms with Crippen LogP contribution in [0, 0.1) is 13.8 Å². The van der Waals surface area contributed by atoms with Crippen LogP contribution in [-0.4, -0.2) is 40.3 Å². The van der Waals surface area contributed by atoms with Crippen LogP contribution in [0.15, 0.2) is 18.2 Å². The van der Waals surface area contributed by atoms with E-state index in [0.717, 1.165) is 23.2 Å². The SMILES string of the molecule is CC[C@@H](C)N(CC(=O)Nc1cccc(C)c1C)C(=O)CSC1CCCC1. The highest BCUT2D eigenvalue weighted by Crippen LogP contribution is 2.29. The number of amides is 2. The van der Waals surface area contributed by atoms with Gasteiger partial charge < -0.3 is 10.2 Å². The highest BCUT2D eigenvalue weighted by atomic mass is 32.2. The first-order chi connectivity index (χ1) is 12.4. The van der Waals surface area contributed by atoms with Gasteiger partial charge in [0.15, 0.2) is 0 Å². The van der Waals surface area contributed by atoms with Crippen molar-refractivity contribution in [2.45, 2.75) is 71.1 Å². The van der Waals surface area contributed by atoms with Crippen molar-refractivity contribution in [1.82, 2.24) is 4.90 Å². The first-order valence-electron chi connectivity index (χ1n) is 9.69. The molecule has 0 unspecified atom stereocenters. The highest BCUT2D eigenvalue weighted by Gasteiger charge is 2.24. The lowest BCUT2D eigenvalue weighted by Crippen LogP contribution is -2.44. The molecule has 1 atom stereocenters. The van der Waals surface area contributed by atoms with Crippen LogP contribution in [-0.2, 0) is 9.59 Å². The van der Waals surface area contributed by atoms with Crippen LogP contribution in [0.4, 0.5) is 5.69 Å². The van der Waals surface area contributed by atoms with E-state index in [1.54, 1.807) is 16.7 Å². The summed E-state index contributed by atoms with van der Waals surface area (Å²) >= 11 is 1.76. The zero-order valence-corrected chi connectivity index (χ0v) is 17.3. The molecule has 5 heteroatoms. The second-order valence-corrected chi connectivity index (χ2v) is 8.58. The van der Waals surface area contributed by atoms with Crippen LogP contribution in [0.25, 0.3) is 0 Å². The maximum Gasteiger partial charge on any atom is 0.244 e. The summed E-state index contributed by atoms with van der Waals surface area (Å²) in [6.45, 7) is 8.22. The number of nitrogens with one attached hydrogen (secondary N) is 1. The summed E-state index contributed by atoms with van der Waals surface area (Å²) in [5, 5.41) is 3.59. The zero-order chi connectivity index (χ0) is 19.1. The molecule has 2 amide bonds. The van der Waals surface area contributed by atoms with Gasteiger partial charge >= 0.3 is 0 Å². The van der Waals surface area contributed by atoms with E-state index in [0.29, 0.717) is 11.0 Å². The minimum Gasteiger partial charge on any atom is -0.330 e. The molecular formula is C21H32N2O2S. The van der Waals surface area contributed by atoms with Crippen molar-refractivity contribution in [3.8, 4) is 0 Å². The predicted molar refractivity (Wildman–Crippen MR) is 111 cm³/mol. The van der Waals surface area contributed by atoms with E-state index in [9.17, 15) is 9.59 Å².